The van der Waals surface area contributed by atoms with E-state index in [1.807, 2.05) is 6.07 Å². The van der Waals surface area contributed by atoms with E-state index >= 15 is 0 Å². The number of aliphatic hydroxyl groups excluding tert-OH is 1. The molecule has 0 aliphatic heterocycles. The van der Waals surface area contributed by atoms with Gasteiger partial charge in [-0.1, -0.05) is 6.07 Å². The van der Waals surface area contributed by atoms with E-state index in [0.29, 0.717) is 13.0 Å². The second-order valence-corrected chi connectivity index (χ2v) is 5.50. The lowest BCUT2D eigenvalue weighted by Crippen LogP contribution is -2.33. The number of rotatable bonds is 7. The van der Waals surface area contributed by atoms with Crippen molar-refractivity contribution in [1.82, 2.24) is 5.32 Å². The van der Waals surface area contributed by atoms with Crippen molar-refractivity contribution in [2.24, 2.45) is 0 Å². The number of nitrogens with one attached hydrogen (secondary N) is 1. The molecule has 1 unspecified atom stereocenters. The van der Waals surface area contributed by atoms with Crippen LogP contribution in [0.25, 0.3) is 0 Å². The molecule has 0 saturated heterocycles. The van der Waals surface area contributed by atoms with Crippen molar-refractivity contribution in [3.63, 3.8) is 0 Å². The number of benzene rings is 1. The molecule has 0 fully saturated rings. The lowest BCUT2D eigenvalue weighted by atomic mass is 10.2. The maximum Gasteiger partial charge on any atom is 0.0616 e. The fraction of sp³-hybridized carbons (Fsp3) is 0.500. The summed E-state index contributed by atoms with van der Waals surface area (Å²) in [5, 5.41) is 12.3. The van der Waals surface area contributed by atoms with Gasteiger partial charge in [0.1, 0.15) is 0 Å². The highest BCUT2D eigenvalue weighted by molar-refractivity contribution is 9.13. The van der Waals surface area contributed by atoms with Gasteiger partial charge in [0.2, 0.25) is 0 Å². The minimum atomic E-state index is 0.172. The number of hydrogen-bond donors (Lipinski definition) is 2. The van der Waals surface area contributed by atoms with Crippen molar-refractivity contribution in [2.75, 3.05) is 20.3 Å². The van der Waals surface area contributed by atoms with Crippen molar-refractivity contribution in [3.05, 3.63) is 32.7 Å². The lowest BCUT2D eigenvalue weighted by molar-refractivity contribution is 0.148. The van der Waals surface area contributed by atoms with Crippen LogP contribution in [0.3, 0.4) is 0 Å². The van der Waals surface area contributed by atoms with Crippen LogP contribution in [0.5, 0.6) is 0 Å². The summed E-state index contributed by atoms with van der Waals surface area (Å²) < 4.78 is 7.19. The molecule has 0 heterocycles. The molecule has 96 valence electrons. The predicted molar refractivity (Wildman–Crippen MR) is 76.0 cm³/mol. The quantitative estimate of drug-likeness (QED) is 0.779. The monoisotopic (exact) mass is 365 g/mol. The van der Waals surface area contributed by atoms with Gasteiger partial charge >= 0.3 is 0 Å². The van der Waals surface area contributed by atoms with Gasteiger partial charge in [-0.2, -0.15) is 0 Å². The third-order valence-corrected chi connectivity index (χ3v) is 4.30. The number of aliphatic hydroxyl groups is 1. The van der Waals surface area contributed by atoms with Gasteiger partial charge in [0.15, 0.2) is 0 Å². The topological polar surface area (TPSA) is 41.5 Å². The average molecular weight is 367 g/mol. The molecular formula is C12H17Br2NO2. The van der Waals surface area contributed by atoms with E-state index < -0.39 is 0 Å². The fourth-order valence-electron chi connectivity index (χ4n) is 1.51. The lowest BCUT2D eigenvalue weighted by Gasteiger charge is -2.17. The Morgan fingerprint density at radius 3 is 2.71 bits per heavy atom. The summed E-state index contributed by atoms with van der Waals surface area (Å²) in [6.45, 7) is 1.54. The van der Waals surface area contributed by atoms with E-state index in [4.69, 9.17) is 9.84 Å². The van der Waals surface area contributed by atoms with Crippen LogP contribution in [0.2, 0.25) is 0 Å². The summed E-state index contributed by atoms with van der Waals surface area (Å²) in [6.07, 6.45) is 0.700. The van der Waals surface area contributed by atoms with Crippen LogP contribution in [-0.2, 0) is 11.3 Å². The Morgan fingerprint density at radius 2 is 2.12 bits per heavy atom. The predicted octanol–water partition coefficient (Wildman–Crippen LogP) is 2.70. The molecule has 0 aliphatic rings. The Labute approximate surface area is 119 Å². The first-order valence-electron chi connectivity index (χ1n) is 5.44. The molecule has 5 heteroatoms. The zero-order chi connectivity index (χ0) is 12.7. The molecule has 0 amide bonds. The Bertz CT molecular complexity index is 341. The van der Waals surface area contributed by atoms with E-state index in [1.165, 1.54) is 5.56 Å². The molecule has 0 saturated carbocycles. The van der Waals surface area contributed by atoms with Gasteiger partial charge in [-0.15, -0.1) is 0 Å². The van der Waals surface area contributed by atoms with Crippen LogP contribution in [0.1, 0.15) is 12.0 Å². The number of methoxy groups -OCH3 is 1. The number of ether oxygens (including phenoxy) is 1. The molecule has 17 heavy (non-hydrogen) atoms. The molecule has 3 nitrogen and oxygen atoms in total. The first-order valence-corrected chi connectivity index (χ1v) is 7.03. The van der Waals surface area contributed by atoms with Crippen molar-refractivity contribution in [1.29, 1.82) is 0 Å². The van der Waals surface area contributed by atoms with Gasteiger partial charge in [0, 0.05) is 35.2 Å². The van der Waals surface area contributed by atoms with Gasteiger partial charge in [0.25, 0.3) is 0 Å². The van der Waals surface area contributed by atoms with Crippen LogP contribution in [0.15, 0.2) is 27.1 Å². The Morgan fingerprint density at radius 1 is 1.35 bits per heavy atom. The summed E-state index contributed by atoms with van der Waals surface area (Å²) in [4.78, 5) is 0. The Hall–Kier alpha value is 0.0600. The van der Waals surface area contributed by atoms with Crippen LogP contribution in [0.4, 0.5) is 0 Å². The van der Waals surface area contributed by atoms with Crippen LogP contribution >= 0.6 is 31.9 Å². The van der Waals surface area contributed by atoms with Crippen molar-refractivity contribution >= 4 is 31.9 Å². The summed E-state index contributed by atoms with van der Waals surface area (Å²) in [5.41, 5.74) is 1.19. The minimum absolute atomic E-state index is 0.172. The molecule has 0 radical (unpaired) electrons. The van der Waals surface area contributed by atoms with Gasteiger partial charge in [0.05, 0.1) is 6.61 Å². The standard InChI is InChI=1S/C12H17Br2NO2/c1-17-8-10(4-5-16)15-7-9-2-3-11(13)12(14)6-9/h2-3,6,10,15-16H,4-5,7-8H2,1H3. The molecule has 1 aromatic rings. The maximum absolute atomic E-state index is 8.93. The summed E-state index contributed by atoms with van der Waals surface area (Å²) in [5.74, 6) is 0. The second kappa shape index (κ2) is 8.21. The highest BCUT2D eigenvalue weighted by Crippen LogP contribution is 2.23. The molecule has 1 aromatic carbocycles. The van der Waals surface area contributed by atoms with Crippen LogP contribution < -0.4 is 5.32 Å². The van der Waals surface area contributed by atoms with Crippen molar-refractivity contribution in [2.45, 2.75) is 19.0 Å². The molecular weight excluding hydrogens is 350 g/mol. The summed E-state index contributed by atoms with van der Waals surface area (Å²) in [6, 6.07) is 6.33. The number of hydrogen-bond acceptors (Lipinski definition) is 3. The molecule has 0 bridgehead atoms. The molecule has 1 rings (SSSR count). The van der Waals surface area contributed by atoms with E-state index in [1.54, 1.807) is 7.11 Å². The van der Waals surface area contributed by atoms with Gasteiger partial charge in [-0.05, 0) is 56.0 Å². The maximum atomic E-state index is 8.93. The van der Waals surface area contributed by atoms with Crippen LogP contribution in [-0.4, -0.2) is 31.5 Å². The fourth-order valence-corrected chi connectivity index (χ4v) is 2.19. The normalized spacial score (nSPS) is 12.7. The van der Waals surface area contributed by atoms with E-state index in [-0.39, 0.29) is 12.6 Å². The second-order valence-electron chi connectivity index (χ2n) is 3.79. The Balaban J connectivity index is 2.49. The SMILES string of the molecule is COCC(CCO)NCc1ccc(Br)c(Br)c1. The zero-order valence-electron chi connectivity index (χ0n) is 9.75. The highest BCUT2D eigenvalue weighted by atomic mass is 79.9. The molecule has 0 spiro atoms. The third kappa shape index (κ3) is 5.48. The smallest absolute Gasteiger partial charge is 0.0616 e. The van der Waals surface area contributed by atoms with Gasteiger partial charge in [-0.3, -0.25) is 0 Å². The van der Waals surface area contributed by atoms with E-state index in [0.717, 1.165) is 15.5 Å². The van der Waals surface area contributed by atoms with Crippen LogP contribution in [0, 0.1) is 0 Å². The number of halogens is 2. The van der Waals surface area contributed by atoms with E-state index in [9.17, 15) is 0 Å². The first kappa shape index (κ1) is 15.1. The third-order valence-electron chi connectivity index (χ3n) is 2.42. The average Bonchev–Trinajstić information content (AvgIpc) is 2.31. The van der Waals surface area contributed by atoms with Crippen molar-refractivity contribution < 1.29 is 9.84 Å². The van der Waals surface area contributed by atoms with E-state index in [2.05, 4.69) is 49.3 Å². The Kier molecular flexibility index (Phi) is 7.30. The molecule has 1 atom stereocenters. The molecule has 2 N–H and O–H groups in total. The van der Waals surface area contributed by atoms with Gasteiger partial charge in [-0.25, -0.2) is 0 Å². The molecule has 0 aliphatic carbocycles. The largest absolute Gasteiger partial charge is 0.396 e. The highest BCUT2D eigenvalue weighted by Gasteiger charge is 2.07. The summed E-state index contributed by atoms with van der Waals surface area (Å²) >= 11 is 6.91. The molecule has 0 aromatic heterocycles. The van der Waals surface area contributed by atoms with Gasteiger partial charge < -0.3 is 15.2 Å². The summed E-state index contributed by atoms with van der Waals surface area (Å²) in [7, 11) is 1.67. The minimum Gasteiger partial charge on any atom is -0.396 e. The van der Waals surface area contributed by atoms with Crippen molar-refractivity contribution in [3.8, 4) is 0 Å². The zero-order valence-corrected chi connectivity index (χ0v) is 12.9. The first-order chi connectivity index (χ1) is 8.17.